The smallest absolute Gasteiger partial charge is 0.173 e. The average molecular weight is 272 g/mol. The highest BCUT2D eigenvalue weighted by Crippen LogP contribution is 2.29. The number of nitrogen functional groups attached to an aromatic ring is 1. The van der Waals surface area contributed by atoms with Crippen molar-refractivity contribution in [2.75, 3.05) is 23.9 Å². The number of halogens is 1. The molecule has 5 nitrogen and oxygen atoms in total. The normalized spacial score (nSPS) is 20.9. The van der Waals surface area contributed by atoms with E-state index in [1.165, 1.54) is 19.3 Å². The van der Waals surface area contributed by atoms with E-state index in [4.69, 9.17) is 10.5 Å². The van der Waals surface area contributed by atoms with E-state index in [0.717, 1.165) is 11.5 Å². The topological polar surface area (TPSA) is 81.4 Å². The van der Waals surface area contributed by atoms with Crippen molar-refractivity contribution in [3.8, 4) is 5.75 Å². The molecule has 0 radical (unpaired) electrons. The zero-order valence-electron chi connectivity index (χ0n) is 9.68. The molecule has 18 heavy (non-hydrogen) atoms. The van der Waals surface area contributed by atoms with Crippen LogP contribution in [0.3, 0.4) is 0 Å². The minimum Gasteiger partial charge on any atom is -0.495 e. The van der Waals surface area contributed by atoms with Crippen LogP contribution < -0.4 is 15.8 Å². The van der Waals surface area contributed by atoms with Crippen LogP contribution in [0.1, 0.15) is 0 Å². The molecular weight excluding hydrogens is 259 g/mol. The summed E-state index contributed by atoms with van der Waals surface area (Å²) in [6.07, 6.45) is 1.48. The first-order valence-electron chi connectivity index (χ1n) is 5.22. The van der Waals surface area contributed by atoms with Gasteiger partial charge < -0.3 is 15.8 Å². The zero-order valence-corrected chi connectivity index (χ0v) is 10.5. The summed E-state index contributed by atoms with van der Waals surface area (Å²) in [6, 6.07) is 2.09. The highest BCUT2D eigenvalue weighted by Gasteiger charge is 2.22. The maximum absolute atomic E-state index is 13.6. The first-order valence-corrected chi connectivity index (χ1v) is 6.93. The molecule has 0 saturated heterocycles. The highest BCUT2D eigenvalue weighted by atomic mass is 32.2. The van der Waals surface area contributed by atoms with Gasteiger partial charge >= 0.3 is 0 Å². The minimum atomic E-state index is -3.17. The van der Waals surface area contributed by atoms with E-state index in [-0.39, 0.29) is 17.1 Å². The molecule has 0 amide bonds. The molecule has 1 unspecified atom stereocenters. The molecule has 98 valence electrons. The highest BCUT2D eigenvalue weighted by molar-refractivity contribution is 7.94. The summed E-state index contributed by atoms with van der Waals surface area (Å²) in [6.45, 7) is 0. The van der Waals surface area contributed by atoms with Gasteiger partial charge in [0.15, 0.2) is 9.84 Å². The van der Waals surface area contributed by atoms with Crippen molar-refractivity contribution < 1.29 is 17.5 Å². The lowest BCUT2D eigenvalue weighted by Gasteiger charge is -2.14. The molecule has 1 aromatic carbocycles. The number of sulfone groups is 1. The third-order valence-corrected chi connectivity index (χ3v) is 3.99. The quantitative estimate of drug-likeness (QED) is 0.806. The number of benzene rings is 1. The van der Waals surface area contributed by atoms with Crippen LogP contribution in [0, 0.1) is 5.82 Å². The van der Waals surface area contributed by atoms with Crippen molar-refractivity contribution >= 4 is 21.2 Å². The van der Waals surface area contributed by atoms with E-state index in [2.05, 4.69) is 5.32 Å². The second-order valence-electron chi connectivity index (χ2n) is 3.98. The van der Waals surface area contributed by atoms with Crippen LogP contribution in [-0.2, 0) is 9.84 Å². The zero-order chi connectivity index (χ0) is 13.3. The summed E-state index contributed by atoms with van der Waals surface area (Å²) >= 11 is 0. The van der Waals surface area contributed by atoms with Crippen molar-refractivity contribution in [2.45, 2.75) is 6.04 Å². The summed E-state index contributed by atoms with van der Waals surface area (Å²) in [5, 5.41) is 3.91. The molecular formula is C11H13FN2O3S. The van der Waals surface area contributed by atoms with Crippen molar-refractivity contribution in [3.63, 3.8) is 0 Å². The minimum absolute atomic E-state index is 0.0842. The van der Waals surface area contributed by atoms with Gasteiger partial charge in [0.25, 0.3) is 0 Å². The van der Waals surface area contributed by atoms with Crippen LogP contribution in [0.25, 0.3) is 0 Å². The molecule has 0 bridgehead atoms. The Bertz CT molecular complexity index is 599. The van der Waals surface area contributed by atoms with E-state index in [0.29, 0.717) is 5.75 Å². The van der Waals surface area contributed by atoms with Gasteiger partial charge in [-0.15, -0.1) is 0 Å². The number of nitrogens with one attached hydrogen (secondary N) is 1. The maximum Gasteiger partial charge on any atom is 0.173 e. The lowest BCUT2D eigenvalue weighted by molar-refractivity contribution is 0.416. The lowest BCUT2D eigenvalue weighted by Crippen LogP contribution is -2.21. The maximum atomic E-state index is 13.6. The molecule has 1 aromatic rings. The molecule has 7 heteroatoms. The van der Waals surface area contributed by atoms with Crippen molar-refractivity contribution in [2.24, 2.45) is 0 Å². The SMILES string of the molecule is COc1cc(NC2C=CS(=O)(=O)C2)c(F)cc1N. The van der Waals surface area contributed by atoms with Crippen LogP contribution in [0.15, 0.2) is 23.6 Å². The molecule has 1 aliphatic rings. The van der Waals surface area contributed by atoms with Gasteiger partial charge in [-0.2, -0.15) is 0 Å². The molecule has 0 aliphatic carbocycles. The first kappa shape index (κ1) is 12.7. The van der Waals surface area contributed by atoms with E-state index in [1.54, 1.807) is 0 Å². The van der Waals surface area contributed by atoms with Crippen LogP contribution in [0.2, 0.25) is 0 Å². The number of ether oxygens (including phenoxy) is 1. The average Bonchev–Trinajstić information content (AvgIpc) is 2.62. The fourth-order valence-electron chi connectivity index (χ4n) is 1.72. The van der Waals surface area contributed by atoms with Gasteiger partial charge in [0.05, 0.1) is 30.3 Å². The first-order chi connectivity index (χ1) is 8.41. The summed E-state index contributed by atoms with van der Waals surface area (Å²) in [5.74, 6) is -0.297. The number of rotatable bonds is 3. The van der Waals surface area contributed by atoms with Crippen molar-refractivity contribution in [1.82, 2.24) is 0 Å². The summed E-state index contributed by atoms with van der Waals surface area (Å²) in [4.78, 5) is 0. The third kappa shape index (κ3) is 2.56. The fourth-order valence-corrected chi connectivity index (χ4v) is 2.96. The van der Waals surface area contributed by atoms with Crippen LogP contribution >= 0.6 is 0 Å². The molecule has 0 fully saturated rings. The Morgan fingerprint density at radius 2 is 2.22 bits per heavy atom. The lowest BCUT2D eigenvalue weighted by atomic mass is 10.2. The molecule has 2 rings (SSSR count). The second-order valence-corrected chi connectivity index (χ2v) is 5.91. The Labute approximate surface area is 104 Å². The van der Waals surface area contributed by atoms with Gasteiger partial charge in [0.1, 0.15) is 11.6 Å². The monoisotopic (exact) mass is 272 g/mol. The molecule has 0 spiro atoms. The Kier molecular flexibility index (Phi) is 3.16. The van der Waals surface area contributed by atoms with Crippen LogP contribution in [0.5, 0.6) is 5.75 Å². The van der Waals surface area contributed by atoms with Crippen molar-refractivity contribution in [3.05, 3.63) is 29.4 Å². The number of methoxy groups -OCH3 is 1. The van der Waals surface area contributed by atoms with Crippen LogP contribution in [-0.4, -0.2) is 27.3 Å². The van der Waals surface area contributed by atoms with Gasteiger partial charge in [-0.25, -0.2) is 12.8 Å². The largest absolute Gasteiger partial charge is 0.495 e. The van der Waals surface area contributed by atoms with E-state index in [9.17, 15) is 12.8 Å². The van der Waals surface area contributed by atoms with Gasteiger partial charge in [0, 0.05) is 17.5 Å². The van der Waals surface area contributed by atoms with Gasteiger partial charge in [-0.05, 0) is 0 Å². The molecule has 1 aliphatic heterocycles. The molecule has 0 saturated carbocycles. The Hall–Kier alpha value is -1.76. The summed E-state index contributed by atoms with van der Waals surface area (Å²) < 4.78 is 41.1. The number of hydrogen-bond donors (Lipinski definition) is 2. The van der Waals surface area contributed by atoms with E-state index in [1.807, 2.05) is 0 Å². The second kappa shape index (κ2) is 4.49. The Morgan fingerprint density at radius 3 is 2.78 bits per heavy atom. The molecule has 3 N–H and O–H groups in total. The number of anilines is 2. The predicted octanol–water partition coefficient (Wildman–Crippen LogP) is 1.14. The molecule has 1 heterocycles. The number of hydrogen-bond acceptors (Lipinski definition) is 5. The van der Waals surface area contributed by atoms with Gasteiger partial charge in [0.2, 0.25) is 0 Å². The van der Waals surface area contributed by atoms with Gasteiger partial charge in [-0.3, -0.25) is 0 Å². The molecule has 0 aromatic heterocycles. The fraction of sp³-hybridized carbons (Fsp3) is 0.273. The summed E-state index contributed by atoms with van der Waals surface area (Å²) in [5.41, 5.74) is 5.90. The van der Waals surface area contributed by atoms with E-state index >= 15 is 0 Å². The standard InChI is InChI=1S/C11H13FN2O3S/c1-17-11-5-10(8(12)4-9(11)13)14-7-2-3-18(15,16)6-7/h2-5,7,14H,6,13H2,1H3. The summed E-state index contributed by atoms with van der Waals surface area (Å²) in [7, 11) is -1.75. The van der Waals surface area contributed by atoms with Crippen LogP contribution in [0.4, 0.5) is 15.8 Å². The van der Waals surface area contributed by atoms with Crippen molar-refractivity contribution in [1.29, 1.82) is 0 Å². The third-order valence-electron chi connectivity index (χ3n) is 2.59. The van der Waals surface area contributed by atoms with E-state index < -0.39 is 21.7 Å². The Balaban J connectivity index is 2.23. The van der Waals surface area contributed by atoms with Gasteiger partial charge in [-0.1, -0.05) is 6.08 Å². The number of nitrogens with two attached hydrogens (primary N) is 1. The predicted molar refractivity (Wildman–Crippen MR) is 67.7 cm³/mol. The Morgan fingerprint density at radius 1 is 1.50 bits per heavy atom. The molecule has 1 atom stereocenters.